The highest BCUT2D eigenvalue weighted by Gasteiger charge is 2.12. The topological polar surface area (TPSA) is 121 Å². The summed E-state index contributed by atoms with van der Waals surface area (Å²) in [6, 6.07) is 11.0. The Morgan fingerprint density at radius 3 is 2.23 bits per heavy atom. The van der Waals surface area contributed by atoms with E-state index in [1.54, 1.807) is 57.2 Å². The molecule has 10 heteroatoms. The van der Waals surface area contributed by atoms with Crippen molar-refractivity contribution in [2.75, 3.05) is 22.3 Å². The Morgan fingerprint density at radius 1 is 1.00 bits per heavy atom. The number of rotatable bonds is 9. The fourth-order valence-electron chi connectivity index (χ4n) is 2.48. The Bertz CT molecular complexity index is 1140. The van der Waals surface area contributed by atoms with Crippen LogP contribution in [0.4, 0.5) is 11.4 Å². The van der Waals surface area contributed by atoms with E-state index in [9.17, 15) is 21.6 Å². The third-order valence-corrected chi connectivity index (χ3v) is 6.94. The standard InChI is InChI=1S/C20H25N3O5S2/c1-4-21-30(27,28)18-10-6-16(7-11-18)8-13-20(24)22-17-9-12-19(15(3)14-17)23-29(25,26)5-2/h6-14,21,23H,4-5H2,1-3H3,(H,22,24)/b13-8+. The number of hydrogen-bond acceptors (Lipinski definition) is 5. The third-order valence-electron chi connectivity index (χ3n) is 4.09. The molecule has 0 aromatic heterocycles. The molecule has 3 N–H and O–H groups in total. The Kier molecular flexibility index (Phi) is 7.77. The minimum Gasteiger partial charge on any atom is -0.323 e. The summed E-state index contributed by atoms with van der Waals surface area (Å²) in [7, 11) is -6.89. The van der Waals surface area contributed by atoms with Crippen molar-refractivity contribution in [2.24, 2.45) is 0 Å². The van der Waals surface area contributed by atoms with E-state index in [-0.39, 0.29) is 16.6 Å². The molecule has 2 aromatic carbocycles. The van der Waals surface area contributed by atoms with Gasteiger partial charge in [-0.25, -0.2) is 21.6 Å². The molecule has 0 atom stereocenters. The van der Waals surface area contributed by atoms with Crippen LogP contribution in [0, 0.1) is 6.92 Å². The number of sulfonamides is 2. The van der Waals surface area contributed by atoms with E-state index in [4.69, 9.17) is 0 Å². The second-order valence-electron chi connectivity index (χ2n) is 6.43. The second-order valence-corrected chi connectivity index (χ2v) is 10.2. The highest BCUT2D eigenvalue weighted by atomic mass is 32.2. The second kappa shape index (κ2) is 9.88. The van der Waals surface area contributed by atoms with Crippen LogP contribution >= 0.6 is 0 Å². The van der Waals surface area contributed by atoms with Crippen LogP contribution in [-0.4, -0.2) is 35.0 Å². The molecule has 8 nitrogen and oxygen atoms in total. The largest absolute Gasteiger partial charge is 0.323 e. The van der Waals surface area contributed by atoms with Gasteiger partial charge in [-0.2, -0.15) is 0 Å². The van der Waals surface area contributed by atoms with Crippen LogP contribution in [-0.2, 0) is 24.8 Å². The van der Waals surface area contributed by atoms with Gasteiger partial charge >= 0.3 is 0 Å². The summed E-state index contributed by atoms with van der Waals surface area (Å²) in [6.45, 7) is 5.29. The molecule has 2 rings (SSSR count). The Labute approximate surface area is 177 Å². The lowest BCUT2D eigenvalue weighted by Gasteiger charge is -2.11. The van der Waals surface area contributed by atoms with E-state index in [1.165, 1.54) is 18.2 Å². The maximum atomic E-state index is 12.2. The zero-order valence-electron chi connectivity index (χ0n) is 17.0. The first-order valence-electron chi connectivity index (χ1n) is 9.26. The van der Waals surface area contributed by atoms with Gasteiger partial charge in [0.1, 0.15) is 0 Å². The first-order valence-corrected chi connectivity index (χ1v) is 12.4. The first-order chi connectivity index (χ1) is 14.1. The lowest BCUT2D eigenvalue weighted by Crippen LogP contribution is -2.22. The summed E-state index contributed by atoms with van der Waals surface area (Å²) < 4.78 is 52.1. The quantitative estimate of drug-likeness (QED) is 0.506. The van der Waals surface area contributed by atoms with E-state index in [2.05, 4.69) is 14.8 Å². The molecule has 0 saturated carbocycles. The van der Waals surface area contributed by atoms with Crippen molar-refractivity contribution in [1.29, 1.82) is 0 Å². The molecule has 0 aliphatic carbocycles. The zero-order valence-corrected chi connectivity index (χ0v) is 18.6. The highest BCUT2D eigenvalue weighted by molar-refractivity contribution is 7.92. The minimum atomic E-state index is -3.52. The predicted octanol–water partition coefficient (Wildman–Crippen LogP) is 2.71. The van der Waals surface area contributed by atoms with E-state index in [0.29, 0.717) is 29.0 Å². The molecule has 1 amide bonds. The van der Waals surface area contributed by atoms with Gasteiger partial charge in [-0.05, 0) is 61.4 Å². The number of benzene rings is 2. The van der Waals surface area contributed by atoms with Crippen molar-refractivity contribution in [3.63, 3.8) is 0 Å². The van der Waals surface area contributed by atoms with Crippen LogP contribution in [0.2, 0.25) is 0 Å². The Balaban J connectivity index is 2.03. The van der Waals surface area contributed by atoms with Crippen LogP contribution < -0.4 is 14.8 Å². The molecule has 0 bridgehead atoms. The summed E-state index contributed by atoms with van der Waals surface area (Å²) >= 11 is 0. The van der Waals surface area contributed by atoms with E-state index in [1.807, 2.05) is 0 Å². The molecule has 0 fully saturated rings. The molecule has 162 valence electrons. The van der Waals surface area contributed by atoms with Gasteiger partial charge in [0.2, 0.25) is 26.0 Å². The van der Waals surface area contributed by atoms with Gasteiger partial charge in [-0.3, -0.25) is 9.52 Å². The van der Waals surface area contributed by atoms with Gasteiger partial charge in [0.15, 0.2) is 0 Å². The normalized spacial score (nSPS) is 12.1. The van der Waals surface area contributed by atoms with Gasteiger partial charge in [0.05, 0.1) is 16.3 Å². The third kappa shape index (κ3) is 6.68. The van der Waals surface area contributed by atoms with Crippen molar-refractivity contribution in [3.05, 3.63) is 59.7 Å². The van der Waals surface area contributed by atoms with E-state index >= 15 is 0 Å². The molecule has 0 heterocycles. The Morgan fingerprint density at radius 2 is 1.67 bits per heavy atom. The summed E-state index contributed by atoms with van der Waals surface area (Å²) in [4.78, 5) is 12.3. The van der Waals surface area contributed by atoms with Crippen LogP contribution in [0.1, 0.15) is 25.0 Å². The monoisotopic (exact) mass is 451 g/mol. The lowest BCUT2D eigenvalue weighted by atomic mass is 10.2. The number of amides is 1. The SMILES string of the molecule is CCNS(=O)(=O)c1ccc(/C=C/C(=O)Nc2ccc(NS(=O)(=O)CC)c(C)c2)cc1. The van der Waals surface area contributed by atoms with Gasteiger partial charge in [0.25, 0.3) is 0 Å². The summed E-state index contributed by atoms with van der Waals surface area (Å²) in [5.74, 6) is -0.404. The van der Waals surface area contributed by atoms with Gasteiger partial charge in [0, 0.05) is 18.3 Å². The maximum Gasteiger partial charge on any atom is 0.248 e. The van der Waals surface area contributed by atoms with Gasteiger partial charge in [-0.15, -0.1) is 0 Å². The van der Waals surface area contributed by atoms with E-state index in [0.717, 1.165) is 0 Å². The average molecular weight is 452 g/mol. The Hall–Kier alpha value is -2.69. The molecule has 0 aliphatic heterocycles. The molecular weight excluding hydrogens is 426 g/mol. The van der Waals surface area contributed by atoms with Crippen molar-refractivity contribution >= 4 is 43.4 Å². The number of nitrogens with one attached hydrogen (secondary N) is 3. The number of hydrogen-bond donors (Lipinski definition) is 3. The summed E-state index contributed by atoms with van der Waals surface area (Å²) in [5, 5.41) is 2.70. The summed E-state index contributed by atoms with van der Waals surface area (Å²) in [6.07, 6.45) is 2.90. The molecule has 2 aromatic rings. The van der Waals surface area contributed by atoms with Crippen molar-refractivity contribution in [3.8, 4) is 0 Å². The van der Waals surface area contributed by atoms with Gasteiger partial charge in [-0.1, -0.05) is 19.1 Å². The smallest absolute Gasteiger partial charge is 0.248 e. The lowest BCUT2D eigenvalue weighted by molar-refractivity contribution is -0.111. The van der Waals surface area contributed by atoms with Crippen LogP contribution in [0.25, 0.3) is 6.08 Å². The van der Waals surface area contributed by atoms with Crippen molar-refractivity contribution < 1.29 is 21.6 Å². The number of anilines is 2. The molecule has 0 saturated heterocycles. The highest BCUT2D eigenvalue weighted by Crippen LogP contribution is 2.21. The molecule has 0 spiro atoms. The minimum absolute atomic E-state index is 0.0300. The van der Waals surface area contributed by atoms with E-state index < -0.39 is 20.0 Å². The predicted molar refractivity (Wildman–Crippen MR) is 119 cm³/mol. The number of carbonyl (C=O) groups excluding carboxylic acids is 1. The molecule has 0 unspecified atom stereocenters. The van der Waals surface area contributed by atoms with Crippen LogP contribution in [0.15, 0.2) is 53.4 Å². The summed E-state index contributed by atoms with van der Waals surface area (Å²) in [5.41, 5.74) is 2.32. The first kappa shape index (κ1) is 23.6. The van der Waals surface area contributed by atoms with Crippen molar-refractivity contribution in [2.45, 2.75) is 25.7 Å². The fourth-order valence-corrected chi connectivity index (χ4v) is 4.23. The number of aryl methyl sites for hydroxylation is 1. The zero-order chi connectivity index (χ0) is 22.4. The fraction of sp³-hybridized carbons (Fsp3) is 0.250. The van der Waals surface area contributed by atoms with Gasteiger partial charge < -0.3 is 5.32 Å². The molecule has 0 radical (unpaired) electrons. The van der Waals surface area contributed by atoms with Crippen LogP contribution in [0.5, 0.6) is 0 Å². The molecule has 30 heavy (non-hydrogen) atoms. The molecular formula is C20H25N3O5S2. The number of carbonyl (C=O) groups is 1. The van der Waals surface area contributed by atoms with Crippen LogP contribution in [0.3, 0.4) is 0 Å². The molecule has 0 aliphatic rings. The van der Waals surface area contributed by atoms with Crippen molar-refractivity contribution in [1.82, 2.24) is 4.72 Å². The maximum absolute atomic E-state index is 12.2. The average Bonchev–Trinajstić information content (AvgIpc) is 2.69.